The molecule has 1 heterocycles. The van der Waals surface area contributed by atoms with Crippen LogP contribution in [0.3, 0.4) is 0 Å². The number of hydrogen-bond donors (Lipinski definition) is 1. The normalized spacial score (nSPS) is 21.4. The highest BCUT2D eigenvalue weighted by atomic mass is 16.5. The molecule has 0 radical (unpaired) electrons. The first-order valence-electron chi connectivity index (χ1n) is 7.52. The lowest BCUT2D eigenvalue weighted by atomic mass is 9.98. The lowest BCUT2D eigenvalue weighted by Gasteiger charge is -2.31. The third-order valence-corrected chi connectivity index (χ3v) is 3.73. The van der Waals surface area contributed by atoms with E-state index in [0.717, 1.165) is 43.3 Å². The van der Waals surface area contributed by atoms with Gasteiger partial charge in [0.15, 0.2) is 11.5 Å². The maximum absolute atomic E-state index is 8.88. The number of para-hydroxylation sites is 2. The van der Waals surface area contributed by atoms with Crippen LogP contribution in [0.5, 0.6) is 11.5 Å². The summed E-state index contributed by atoms with van der Waals surface area (Å²) in [4.78, 5) is 2.34. The van der Waals surface area contributed by atoms with Crippen molar-refractivity contribution in [1.82, 2.24) is 4.90 Å². The molecule has 116 valence electrons. The molecule has 0 spiro atoms. The van der Waals surface area contributed by atoms with Crippen LogP contribution < -0.4 is 9.47 Å². The highest BCUT2D eigenvalue weighted by Crippen LogP contribution is 2.26. The van der Waals surface area contributed by atoms with Crippen molar-refractivity contribution in [2.24, 2.45) is 11.1 Å². The Bertz CT molecular complexity index is 476. The van der Waals surface area contributed by atoms with Crippen molar-refractivity contribution in [2.75, 3.05) is 32.8 Å². The summed E-state index contributed by atoms with van der Waals surface area (Å²) >= 11 is 0. The van der Waals surface area contributed by atoms with Crippen molar-refractivity contribution < 1.29 is 14.7 Å². The number of likely N-dealkylation sites (tertiary alicyclic amines) is 1. The van der Waals surface area contributed by atoms with Gasteiger partial charge in [0.2, 0.25) is 0 Å². The average molecular weight is 292 g/mol. The number of rotatable bonds is 6. The van der Waals surface area contributed by atoms with Gasteiger partial charge in [-0.2, -0.15) is 0 Å². The molecule has 1 aromatic rings. The van der Waals surface area contributed by atoms with Crippen molar-refractivity contribution >= 4 is 5.71 Å². The first kappa shape index (κ1) is 15.6. The van der Waals surface area contributed by atoms with E-state index in [1.807, 2.05) is 31.2 Å². The molecule has 5 heteroatoms. The van der Waals surface area contributed by atoms with Gasteiger partial charge in [0.05, 0.1) is 12.3 Å². The van der Waals surface area contributed by atoms with Gasteiger partial charge in [0.25, 0.3) is 0 Å². The van der Waals surface area contributed by atoms with Gasteiger partial charge in [-0.05, 0) is 19.1 Å². The summed E-state index contributed by atoms with van der Waals surface area (Å²) in [6.45, 7) is 8.01. The molecule has 1 atom stereocenters. The number of hydrogen-bond acceptors (Lipinski definition) is 5. The third kappa shape index (κ3) is 4.36. The van der Waals surface area contributed by atoms with Crippen molar-refractivity contribution in [3.05, 3.63) is 24.3 Å². The van der Waals surface area contributed by atoms with E-state index in [0.29, 0.717) is 19.1 Å². The highest BCUT2D eigenvalue weighted by Gasteiger charge is 2.22. The first-order valence-corrected chi connectivity index (χ1v) is 7.52. The zero-order valence-corrected chi connectivity index (χ0v) is 12.8. The predicted octanol–water partition coefficient (Wildman–Crippen LogP) is 2.64. The minimum Gasteiger partial charge on any atom is -0.490 e. The van der Waals surface area contributed by atoms with E-state index in [-0.39, 0.29) is 0 Å². The van der Waals surface area contributed by atoms with Crippen LogP contribution in [-0.4, -0.2) is 48.7 Å². The smallest absolute Gasteiger partial charge is 0.161 e. The molecule has 1 aliphatic heterocycles. The fourth-order valence-corrected chi connectivity index (χ4v) is 2.58. The van der Waals surface area contributed by atoms with Crippen LogP contribution in [0, 0.1) is 5.92 Å². The van der Waals surface area contributed by atoms with Crippen LogP contribution in [0.2, 0.25) is 0 Å². The molecule has 0 aromatic heterocycles. The Labute approximate surface area is 126 Å². The van der Waals surface area contributed by atoms with Gasteiger partial charge in [-0.25, -0.2) is 0 Å². The summed E-state index contributed by atoms with van der Waals surface area (Å²) in [5, 5.41) is 12.2. The van der Waals surface area contributed by atoms with E-state index in [1.165, 1.54) is 0 Å². The van der Waals surface area contributed by atoms with Crippen LogP contribution in [0.1, 0.15) is 20.3 Å². The number of benzene rings is 1. The summed E-state index contributed by atoms with van der Waals surface area (Å²) in [7, 11) is 0. The van der Waals surface area contributed by atoms with Crippen molar-refractivity contribution in [3.63, 3.8) is 0 Å². The molecular weight excluding hydrogens is 268 g/mol. The second-order valence-corrected chi connectivity index (χ2v) is 5.27. The molecule has 1 aromatic carbocycles. The van der Waals surface area contributed by atoms with E-state index in [2.05, 4.69) is 17.0 Å². The fraction of sp³-hybridized carbons (Fsp3) is 0.562. The average Bonchev–Trinajstić information content (AvgIpc) is 2.49. The van der Waals surface area contributed by atoms with Crippen LogP contribution in [0.4, 0.5) is 0 Å². The summed E-state index contributed by atoms with van der Waals surface area (Å²) < 4.78 is 11.4. The highest BCUT2D eigenvalue weighted by molar-refractivity contribution is 5.86. The van der Waals surface area contributed by atoms with Crippen LogP contribution >= 0.6 is 0 Å². The van der Waals surface area contributed by atoms with Gasteiger partial charge in [-0.3, -0.25) is 4.90 Å². The molecule has 1 unspecified atom stereocenters. The van der Waals surface area contributed by atoms with Crippen molar-refractivity contribution in [2.45, 2.75) is 20.3 Å². The lowest BCUT2D eigenvalue weighted by molar-refractivity contribution is 0.185. The Morgan fingerprint density at radius 2 is 2.00 bits per heavy atom. The van der Waals surface area contributed by atoms with Crippen LogP contribution in [0.15, 0.2) is 29.4 Å². The van der Waals surface area contributed by atoms with E-state index in [4.69, 9.17) is 14.7 Å². The van der Waals surface area contributed by atoms with Crippen LogP contribution in [-0.2, 0) is 0 Å². The fourth-order valence-electron chi connectivity index (χ4n) is 2.58. The van der Waals surface area contributed by atoms with E-state index >= 15 is 0 Å². The molecule has 21 heavy (non-hydrogen) atoms. The van der Waals surface area contributed by atoms with E-state index < -0.39 is 0 Å². The zero-order valence-electron chi connectivity index (χ0n) is 12.8. The quantitative estimate of drug-likeness (QED) is 0.647. The number of piperidine rings is 1. The van der Waals surface area contributed by atoms with E-state index in [9.17, 15) is 0 Å². The molecule has 1 N–H and O–H groups in total. The minimum absolute atomic E-state index is 0.305. The topological polar surface area (TPSA) is 54.3 Å². The molecule has 2 rings (SSSR count). The third-order valence-electron chi connectivity index (χ3n) is 3.73. The van der Waals surface area contributed by atoms with Crippen molar-refractivity contribution in [1.29, 1.82) is 0 Å². The van der Waals surface area contributed by atoms with Crippen LogP contribution in [0.25, 0.3) is 0 Å². The number of nitrogens with zero attached hydrogens (tertiary/aromatic N) is 2. The molecule has 0 aliphatic carbocycles. The Hall–Kier alpha value is -1.75. The largest absolute Gasteiger partial charge is 0.490 e. The molecule has 1 fully saturated rings. The molecule has 1 aliphatic rings. The summed E-state index contributed by atoms with van der Waals surface area (Å²) in [5.41, 5.74) is 0.897. The standard InChI is InChI=1S/C16H24N2O3/c1-3-20-15-6-4-5-7-16(15)21-11-10-18-9-8-14(17-19)13(2)12-18/h4-7,13,19H,3,8-12H2,1-2H3/b17-14-. The minimum atomic E-state index is 0.305. The van der Waals surface area contributed by atoms with Gasteiger partial charge < -0.3 is 14.7 Å². The Morgan fingerprint density at radius 1 is 1.29 bits per heavy atom. The van der Waals surface area contributed by atoms with Gasteiger partial charge in [-0.15, -0.1) is 0 Å². The maximum Gasteiger partial charge on any atom is 0.161 e. The van der Waals surface area contributed by atoms with Gasteiger partial charge in [-0.1, -0.05) is 24.2 Å². The molecule has 0 saturated carbocycles. The summed E-state index contributed by atoms with van der Waals surface area (Å²) in [5.74, 6) is 1.89. The van der Waals surface area contributed by atoms with E-state index in [1.54, 1.807) is 0 Å². The van der Waals surface area contributed by atoms with Gasteiger partial charge in [0.1, 0.15) is 6.61 Å². The molecule has 0 bridgehead atoms. The molecule has 0 amide bonds. The number of oxime groups is 1. The molecule has 5 nitrogen and oxygen atoms in total. The van der Waals surface area contributed by atoms with Gasteiger partial charge in [0, 0.05) is 32.0 Å². The summed E-state index contributed by atoms with van der Waals surface area (Å²) in [6.07, 6.45) is 0.827. The summed E-state index contributed by atoms with van der Waals surface area (Å²) in [6, 6.07) is 7.75. The molecule has 1 saturated heterocycles. The monoisotopic (exact) mass is 292 g/mol. The number of ether oxygens (including phenoxy) is 2. The predicted molar refractivity (Wildman–Crippen MR) is 82.5 cm³/mol. The maximum atomic E-state index is 8.88. The SMILES string of the molecule is CCOc1ccccc1OCCN1CC/C(=N/O)C(C)C1. The Morgan fingerprint density at radius 3 is 2.62 bits per heavy atom. The zero-order chi connectivity index (χ0) is 15.1. The van der Waals surface area contributed by atoms with Gasteiger partial charge >= 0.3 is 0 Å². The molecular formula is C16H24N2O3. The first-order chi connectivity index (χ1) is 10.2. The Kier molecular flexibility index (Phi) is 5.87. The lowest BCUT2D eigenvalue weighted by Crippen LogP contribution is -2.41. The Balaban J connectivity index is 1.80. The van der Waals surface area contributed by atoms with Crippen molar-refractivity contribution in [3.8, 4) is 11.5 Å². The second-order valence-electron chi connectivity index (χ2n) is 5.27. The second kappa shape index (κ2) is 7.88.